The van der Waals surface area contributed by atoms with Crippen LogP contribution in [0.1, 0.15) is 0 Å². The summed E-state index contributed by atoms with van der Waals surface area (Å²) >= 11 is 0. The molecule has 0 atom stereocenters. The molecule has 0 fully saturated rings. The summed E-state index contributed by atoms with van der Waals surface area (Å²) in [7, 11) is 0. The molecule has 0 saturated heterocycles. The Morgan fingerprint density at radius 2 is 1.67 bits per heavy atom. The van der Waals surface area contributed by atoms with Crippen molar-refractivity contribution in [2.24, 2.45) is 0 Å². The number of H-pyrrole nitrogens is 1. The van der Waals surface area contributed by atoms with Gasteiger partial charge in [0.15, 0.2) is 5.57 Å². The number of rotatable bonds is 5. The molecule has 6 nitrogen and oxygen atoms in total. The van der Waals surface area contributed by atoms with Crippen LogP contribution >= 0.6 is 0 Å². The van der Waals surface area contributed by atoms with E-state index in [2.05, 4.69) is 10.3 Å². The van der Waals surface area contributed by atoms with E-state index in [0.29, 0.717) is 5.69 Å². The molecule has 1 aromatic heterocycles. The standard InChI is InChI=1S/C18H14N2O4/c21-17(22)14(18(23)24)10-19-13-6-7-15-12(8-13)9-16(20-15)11-4-2-1-3-5-11/h1-10,19-20H,(H,21,22)(H,23,24). The number of carbonyl (C=O) groups is 2. The van der Waals surface area contributed by atoms with Crippen LogP contribution in [0.15, 0.2) is 66.4 Å². The molecule has 120 valence electrons. The highest BCUT2D eigenvalue weighted by atomic mass is 16.4. The van der Waals surface area contributed by atoms with E-state index in [1.54, 1.807) is 6.07 Å². The van der Waals surface area contributed by atoms with Crippen LogP contribution in [0.25, 0.3) is 22.2 Å². The van der Waals surface area contributed by atoms with Gasteiger partial charge in [-0.3, -0.25) is 0 Å². The second-order valence-corrected chi connectivity index (χ2v) is 5.16. The summed E-state index contributed by atoms with van der Waals surface area (Å²) in [5.41, 5.74) is 2.83. The minimum absolute atomic E-state index is 0.598. The van der Waals surface area contributed by atoms with Gasteiger partial charge in [-0.1, -0.05) is 30.3 Å². The van der Waals surface area contributed by atoms with Gasteiger partial charge in [0.05, 0.1) is 0 Å². The lowest BCUT2D eigenvalue weighted by atomic mass is 10.1. The first-order valence-corrected chi connectivity index (χ1v) is 7.16. The fourth-order valence-corrected chi connectivity index (χ4v) is 2.37. The lowest BCUT2D eigenvalue weighted by Gasteiger charge is -2.02. The van der Waals surface area contributed by atoms with Gasteiger partial charge in [0.2, 0.25) is 0 Å². The van der Waals surface area contributed by atoms with Crippen molar-refractivity contribution in [3.8, 4) is 11.3 Å². The number of carboxylic acids is 2. The number of fused-ring (bicyclic) bond motifs is 1. The molecule has 0 saturated carbocycles. The fourth-order valence-electron chi connectivity index (χ4n) is 2.37. The topological polar surface area (TPSA) is 102 Å². The number of carboxylic acid groups (broad SMARTS) is 2. The lowest BCUT2D eigenvalue weighted by molar-refractivity contribution is -0.140. The van der Waals surface area contributed by atoms with Gasteiger partial charge in [-0.05, 0) is 29.8 Å². The van der Waals surface area contributed by atoms with Crippen LogP contribution in [0.2, 0.25) is 0 Å². The van der Waals surface area contributed by atoms with Crippen molar-refractivity contribution in [3.05, 3.63) is 66.4 Å². The number of benzene rings is 2. The molecule has 0 unspecified atom stereocenters. The quantitative estimate of drug-likeness (QED) is 0.328. The lowest BCUT2D eigenvalue weighted by Crippen LogP contribution is -2.12. The van der Waals surface area contributed by atoms with Crippen LogP contribution in [-0.4, -0.2) is 27.1 Å². The van der Waals surface area contributed by atoms with Crippen LogP contribution in [0.3, 0.4) is 0 Å². The van der Waals surface area contributed by atoms with Gasteiger partial charge in [0.25, 0.3) is 0 Å². The molecular formula is C18H14N2O4. The van der Waals surface area contributed by atoms with Crippen LogP contribution in [0.4, 0.5) is 5.69 Å². The average molecular weight is 322 g/mol. The molecular weight excluding hydrogens is 308 g/mol. The smallest absolute Gasteiger partial charge is 0.344 e. The second kappa shape index (κ2) is 6.29. The van der Waals surface area contributed by atoms with Crippen molar-refractivity contribution in [1.29, 1.82) is 0 Å². The number of aromatic nitrogens is 1. The zero-order chi connectivity index (χ0) is 17.1. The summed E-state index contributed by atoms with van der Waals surface area (Å²) in [5.74, 6) is -2.99. The first-order valence-electron chi connectivity index (χ1n) is 7.16. The Hall–Kier alpha value is -3.54. The highest BCUT2D eigenvalue weighted by Gasteiger charge is 2.15. The molecule has 24 heavy (non-hydrogen) atoms. The van der Waals surface area contributed by atoms with Crippen LogP contribution in [0, 0.1) is 0 Å². The molecule has 0 bridgehead atoms. The summed E-state index contributed by atoms with van der Waals surface area (Å²) in [6, 6.07) is 17.2. The Morgan fingerprint density at radius 1 is 0.958 bits per heavy atom. The van der Waals surface area contributed by atoms with Crippen LogP contribution in [-0.2, 0) is 9.59 Å². The van der Waals surface area contributed by atoms with Crippen molar-refractivity contribution >= 4 is 28.5 Å². The van der Waals surface area contributed by atoms with E-state index < -0.39 is 17.5 Å². The SMILES string of the molecule is O=C(O)C(=CNc1ccc2[nH]c(-c3ccccc3)cc2c1)C(=O)O. The molecule has 0 spiro atoms. The Labute approximate surface area is 137 Å². The van der Waals surface area contributed by atoms with E-state index >= 15 is 0 Å². The molecule has 0 radical (unpaired) electrons. The van der Waals surface area contributed by atoms with Gasteiger partial charge in [0, 0.05) is 28.5 Å². The average Bonchev–Trinajstić information content (AvgIpc) is 2.98. The third-order valence-corrected chi connectivity index (χ3v) is 3.55. The van der Waals surface area contributed by atoms with Crippen molar-refractivity contribution in [1.82, 2.24) is 4.98 Å². The van der Waals surface area contributed by atoms with Gasteiger partial charge in [-0.25, -0.2) is 9.59 Å². The molecule has 0 amide bonds. The highest BCUT2D eigenvalue weighted by Crippen LogP contribution is 2.26. The van der Waals surface area contributed by atoms with Crippen molar-refractivity contribution in [2.75, 3.05) is 5.32 Å². The Morgan fingerprint density at radius 3 is 2.33 bits per heavy atom. The van der Waals surface area contributed by atoms with Crippen molar-refractivity contribution < 1.29 is 19.8 Å². The van der Waals surface area contributed by atoms with E-state index in [1.165, 1.54) is 0 Å². The van der Waals surface area contributed by atoms with Gasteiger partial charge in [-0.15, -0.1) is 0 Å². The normalized spacial score (nSPS) is 10.3. The van der Waals surface area contributed by atoms with Gasteiger partial charge >= 0.3 is 11.9 Å². The van der Waals surface area contributed by atoms with E-state index in [0.717, 1.165) is 28.4 Å². The number of aliphatic carboxylic acids is 2. The zero-order valence-electron chi connectivity index (χ0n) is 12.5. The zero-order valence-corrected chi connectivity index (χ0v) is 12.5. The molecule has 1 heterocycles. The molecule has 4 N–H and O–H groups in total. The predicted octanol–water partition coefficient (Wildman–Crippen LogP) is 3.30. The first kappa shape index (κ1) is 15.4. The predicted molar refractivity (Wildman–Crippen MR) is 90.7 cm³/mol. The van der Waals surface area contributed by atoms with Gasteiger partial charge in [-0.2, -0.15) is 0 Å². The second-order valence-electron chi connectivity index (χ2n) is 5.16. The van der Waals surface area contributed by atoms with Crippen LogP contribution < -0.4 is 5.32 Å². The maximum Gasteiger partial charge on any atom is 0.344 e. The summed E-state index contributed by atoms with van der Waals surface area (Å²) in [5, 5.41) is 21.3. The number of nitrogens with one attached hydrogen (secondary N) is 2. The molecule has 6 heteroatoms. The summed E-state index contributed by atoms with van der Waals surface area (Å²) in [6.07, 6.45) is 0.969. The molecule has 3 rings (SSSR count). The van der Waals surface area contributed by atoms with E-state index in [9.17, 15) is 9.59 Å². The molecule has 0 aliphatic rings. The Kier molecular flexibility index (Phi) is 4.03. The largest absolute Gasteiger partial charge is 0.477 e. The molecule has 3 aromatic rings. The van der Waals surface area contributed by atoms with Gasteiger partial charge < -0.3 is 20.5 Å². The monoisotopic (exact) mass is 322 g/mol. The van der Waals surface area contributed by atoms with Crippen LogP contribution in [0.5, 0.6) is 0 Å². The van der Waals surface area contributed by atoms with E-state index in [4.69, 9.17) is 10.2 Å². The number of hydrogen-bond acceptors (Lipinski definition) is 3. The summed E-state index contributed by atoms with van der Waals surface area (Å²) in [4.78, 5) is 25.0. The molecule has 0 aliphatic heterocycles. The van der Waals surface area contributed by atoms with Crippen molar-refractivity contribution in [2.45, 2.75) is 0 Å². The maximum absolute atomic E-state index is 10.8. The van der Waals surface area contributed by atoms with E-state index in [1.807, 2.05) is 48.5 Å². The minimum atomic E-state index is -1.50. The fraction of sp³-hybridized carbons (Fsp3) is 0. The summed E-state index contributed by atoms with van der Waals surface area (Å²) in [6.45, 7) is 0. The van der Waals surface area contributed by atoms with E-state index in [-0.39, 0.29) is 0 Å². The van der Waals surface area contributed by atoms with Crippen molar-refractivity contribution in [3.63, 3.8) is 0 Å². The first-order chi connectivity index (χ1) is 11.5. The number of anilines is 1. The third kappa shape index (κ3) is 3.12. The summed E-state index contributed by atoms with van der Waals surface area (Å²) < 4.78 is 0. The Balaban J connectivity index is 1.90. The third-order valence-electron chi connectivity index (χ3n) is 3.55. The Bertz CT molecular complexity index is 926. The molecule has 0 aliphatic carbocycles. The van der Waals surface area contributed by atoms with Gasteiger partial charge in [0.1, 0.15) is 0 Å². The number of aromatic amines is 1. The highest BCUT2D eigenvalue weighted by molar-refractivity contribution is 6.12. The molecule has 2 aromatic carbocycles. The number of hydrogen-bond donors (Lipinski definition) is 4. The maximum atomic E-state index is 10.8. The minimum Gasteiger partial charge on any atom is -0.477 e.